The zero-order valence-corrected chi connectivity index (χ0v) is 16.4. The Labute approximate surface area is 139 Å². The number of hydrogen-bond acceptors (Lipinski definition) is 4. The van der Waals surface area contributed by atoms with Crippen LogP contribution in [0, 0.1) is 0 Å². The largest absolute Gasteiger partial charge is 0.416 e. The Bertz CT molecular complexity index is 530. The van der Waals surface area contributed by atoms with Crippen molar-refractivity contribution in [3.05, 3.63) is 5.82 Å². The molecule has 1 aromatic heterocycles. The average Bonchev–Trinajstić information content (AvgIpc) is 3.32. The van der Waals surface area contributed by atoms with Crippen molar-refractivity contribution in [3.8, 4) is 0 Å². The van der Waals surface area contributed by atoms with Crippen LogP contribution in [0.5, 0.6) is 0 Å². The van der Waals surface area contributed by atoms with Gasteiger partial charge in [0.05, 0.1) is 0 Å². The zero-order valence-electron chi connectivity index (χ0n) is 14.6. The first-order valence-corrected chi connectivity index (χ1v) is 12.4. The summed E-state index contributed by atoms with van der Waals surface area (Å²) in [6.07, 6.45) is 5.19. The van der Waals surface area contributed by atoms with Crippen LogP contribution < -0.4 is 0 Å². The molecular weight excluding hydrogens is 310 g/mol. The van der Waals surface area contributed by atoms with Gasteiger partial charge in [-0.3, -0.25) is 0 Å². The first kappa shape index (κ1) is 16.5. The molecule has 0 radical (unpaired) electrons. The molecule has 0 N–H and O–H groups in total. The van der Waals surface area contributed by atoms with Crippen molar-refractivity contribution in [2.24, 2.45) is 0 Å². The van der Waals surface area contributed by atoms with Gasteiger partial charge >= 0.3 is 0 Å². The lowest BCUT2D eigenvalue weighted by atomic mass is 10.2. The summed E-state index contributed by atoms with van der Waals surface area (Å²) in [4.78, 5) is 0. The topological polar surface area (TPSA) is 39.9 Å². The smallest absolute Gasteiger partial charge is 0.192 e. The van der Waals surface area contributed by atoms with Gasteiger partial charge in [-0.1, -0.05) is 32.5 Å². The standard InChI is InChI=1S/C16H29N3OSSi/c1-16(2,3)22(4,5)20-10-11-21-15-18-17-14(12-6-7-12)19(15)13-8-9-13/h12-13H,6-11H2,1-5H3. The Morgan fingerprint density at radius 1 is 1.18 bits per heavy atom. The molecule has 22 heavy (non-hydrogen) atoms. The van der Waals surface area contributed by atoms with Crippen LogP contribution in [0.1, 0.15) is 64.2 Å². The number of nitrogens with zero attached hydrogens (tertiary/aromatic N) is 3. The molecule has 0 atom stereocenters. The van der Waals surface area contributed by atoms with Gasteiger partial charge in [-0.15, -0.1) is 10.2 Å². The molecule has 0 amide bonds. The molecule has 2 saturated carbocycles. The van der Waals surface area contributed by atoms with E-state index in [-0.39, 0.29) is 5.04 Å². The van der Waals surface area contributed by atoms with Gasteiger partial charge < -0.3 is 8.99 Å². The van der Waals surface area contributed by atoms with Crippen LogP contribution in [0.3, 0.4) is 0 Å². The lowest BCUT2D eigenvalue weighted by Gasteiger charge is -2.36. The number of thioether (sulfide) groups is 1. The highest BCUT2D eigenvalue weighted by molar-refractivity contribution is 7.99. The minimum Gasteiger partial charge on any atom is -0.416 e. The summed E-state index contributed by atoms with van der Waals surface area (Å²) in [6.45, 7) is 12.3. The van der Waals surface area contributed by atoms with E-state index in [4.69, 9.17) is 4.43 Å². The molecule has 0 aromatic carbocycles. The molecule has 1 heterocycles. The third kappa shape index (κ3) is 3.59. The third-order valence-corrected chi connectivity index (χ3v) is 10.6. The summed E-state index contributed by atoms with van der Waals surface area (Å²) in [5.74, 6) is 2.91. The maximum atomic E-state index is 6.26. The molecule has 0 bridgehead atoms. The van der Waals surface area contributed by atoms with Crippen molar-refractivity contribution in [1.82, 2.24) is 14.8 Å². The van der Waals surface area contributed by atoms with Gasteiger partial charge in [0.25, 0.3) is 0 Å². The molecule has 3 rings (SSSR count). The molecule has 4 nitrogen and oxygen atoms in total. The van der Waals surface area contributed by atoms with Gasteiger partial charge in [-0.25, -0.2) is 0 Å². The molecule has 0 unspecified atom stereocenters. The minimum atomic E-state index is -1.62. The van der Waals surface area contributed by atoms with Crippen LogP contribution in [0.15, 0.2) is 5.16 Å². The Hall–Kier alpha value is -0.333. The van der Waals surface area contributed by atoms with Gasteiger partial charge in [-0.05, 0) is 43.8 Å². The van der Waals surface area contributed by atoms with E-state index in [2.05, 4.69) is 48.6 Å². The van der Waals surface area contributed by atoms with E-state index in [0.29, 0.717) is 12.0 Å². The predicted octanol–water partition coefficient (Wildman–Crippen LogP) is 4.60. The lowest BCUT2D eigenvalue weighted by Crippen LogP contribution is -2.41. The van der Waals surface area contributed by atoms with Crippen LogP contribution in [0.25, 0.3) is 0 Å². The zero-order chi connectivity index (χ0) is 16.0. The second-order valence-corrected chi connectivity index (χ2v) is 14.0. The van der Waals surface area contributed by atoms with Crippen molar-refractivity contribution >= 4 is 20.1 Å². The Kier molecular flexibility index (Phi) is 4.47. The lowest BCUT2D eigenvalue weighted by molar-refractivity contribution is 0.311. The minimum absolute atomic E-state index is 0.283. The predicted molar refractivity (Wildman–Crippen MR) is 94.1 cm³/mol. The first-order valence-electron chi connectivity index (χ1n) is 8.51. The van der Waals surface area contributed by atoms with E-state index in [1.54, 1.807) is 0 Å². The van der Waals surface area contributed by atoms with Crippen LogP contribution >= 0.6 is 11.8 Å². The molecule has 6 heteroatoms. The molecule has 1 aromatic rings. The summed E-state index contributed by atoms with van der Waals surface area (Å²) in [5, 5.41) is 10.3. The van der Waals surface area contributed by atoms with E-state index in [9.17, 15) is 0 Å². The molecule has 124 valence electrons. The monoisotopic (exact) mass is 339 g/mol. The summed E-state index contributed by atoms with van der Waals surface area (Å²) in [7, 11) is -1.62. The fourth-order valence-corrected chi connectivity index (χ4v) is 4.35. The van der Waals surface area contributed by atoms with Crippen LogP contribution in [-0.2, 0) is 4.43 Å². The Balaban J connectivity index is 1.54. The van der Waals surface area contributed by atoms with Gasteiger partial charge in [0, 0.05) is 24.3 Å². The highest BCUT2D eigenvalue weighted by Gasteiger charge is 2.38. The van der Waals surface area contributed by atoms with Crippen molar-refractivity contribution < 1.29 is 4.43 Å². The molecular formula is C16H29N3OSSi. The summed E-state index contributed by atoms with van der Waals surface area (Å²) in [6, 6.07) is 0.675. The van der Waals surface area contributed by atoms with Crippen LogP contribution in [0.2, 0.25) is 18.1 Å². The fraction of sp³-hybridized carbons (Fsp3) is 0.875. The summed E-state index contributed by atoms with van der Waals surface area (Å²) in [5.41, 5.74) is 0. The second-order valence-electron chi connectivity index (χ2n) is 8.17. The number of hydrogen-bond donors (Lipinski definition) is 0. The molecule has 2 aliphatic carbocycles. The van der Waals surface area contributed by atoms with E-state index in [1.807, 2.05) is 11.8 Å². The maximum absolute atomic E-state index is 6.26. The second kappa shape index (κ2) is 5.95. The van der Waals surface area contributed by atoms with Gasteiger partial charge in [-0.2, -0.15) is 0 Å². The third-order valence-electron chi connectivity index (χ3n) is 5.13. The van der Waals surface area contributed by atoms with Gasteiger partial charge in [0.1, 0.15) is 5.82 Å². The van der Waals surface area contributed by atoms with Crippen molar-refractivity contribution in [2.75, 3.05) is 12.4 Å². The Morgan fingerprint density at radius 2 is 1.86 bits per heavy atom. The Morgan fingerprint density at radius 3 is 2.41 bits per heavy atom. The van der Waals surface area contributed by atoms with Crippen molar-refractivity contribution in [1.29, 1.82) is 0 Å². The van der Waals surface area contributed by atoms with E-state index < -0.39 is 8.32 Å². The van der Waals surface area contributed by atoms with Gasteiger partial charge in [0.2, 0.25) is 0 Å². The van der Waals surface area contributed by atoms with Crippen LogP contribution in [0.4, 0.5) is 0 Å². The first-order chi connectivity index (χ1) is 10.3. The molecule has 0 saturated heterocycles. The average molecular weight is 340 g/mol. The molecule has 2 fully saturated rings. The van der Waals surface area contributed by atoms with E-state index >= 15 is 0 Å². The molecule has 2 aliphatic rings. The maximum Gasteiger partial charge on any atom is 0.192 e. The quantitative estimate of drug-likeness (QED) is 0.413. The highest BCUT2D eigenvalue weighted by Crippen LogP contribution is 2.46. The fourth-order valence-electron chi connectivity index (χ4n) is 2.33. The van der Waals surface area contributed by atoms with E-state index in [0.717, 1.165) is 17.5 Å². The van der Waals surface area contributed by atoms with Gasteiger partial charge in [0.15, 0.2) is 13.5 Å². The van der Waals surface area contributed by atoms with Crippen molar-refractivity contribution in [2.45, 2.75) is 81.7 Å². The normalized spacial score (nSPS) is 19.7. The number of aromatic nitrogens is 3. The summed E-state index contributed by atoms with van der Waals surface area (Å²) >= 11 is 1.82. The van der Waals surface area contributed by atoms with Crippen LogP contribution in [-0.4, -0.2) is 35.4 Å². The SMILES string of the molecule is CC(C)(C)[Si](C)(C)OCCSc1nnc(C2CC2)n1C1CC1. The molecule has 0 aliphatic heterocycles. The highest BCUT2D eigenvalue weighted by atomic mass is 32.2. The summed E-state index contributed by atoms with van der Waals surface area (Å²) < 4.78 is 8.68. The number of rotatable bonds is 7. The molecule has 0 spiro atoms. The van der Waals surface area contributed by atoms with Crippen molar-refractivity contribution in [3.63, 3.8) is 0 Å². The van der Waals surface area contributed by atoms with E-state index in [1.165, 1.54) is 31.5 Å².